The smallest absolute Gasteiger partial charge is 0.377 e. The van der Waals surface area contributed by atoms with Gasteiger partial charge in [0.2, 0.25) is 0 Å². The molecule has 0 aliphatic carbocycles. The normalized spacial score (nSPS) is 11.1. The van der Waals surface area contributed by atoms with Gasteiger partial charge < -0.3 is 10.2 Å². The topological polar surface area (TPSA) is 76.0 Å². The van der Waals surface area contributed by atoms with Crippen LogP contribution in [0.3, 0.4) is 0 Å². The molecule has 2 N–H and O–H groups in total. The first-order chi connectivity index (χ1) is 15.0. The molecular formula is C26H44O5. The van der Waals surface area contributed by atoms with Crippen molar-refractivity contribution in [2.75, 3.05) is 7.11 Å². The lowest BCUT2D eigenvalue weighted by atomic mass is 9.85. The summed E-state index contributed by atoms with van der Waals surface area (Å²) in [5.41, 5.74) is 2.74. The Morgan fingerprint density at radius 3 is 1.55 bits per heavy atom. The lowest BCUT2D eigenvalue weighted by Crippen LogP contribution is -2.13. The molecule has 178 valence electrons. The van der Waals surface area contributed by atoms with E-state index in [0.29, 0.717) is 12.8 Å². The number of carbonyl (C=O) groups is 1. The lowest BCUT2D eigenvalue weighted by molar-refractivity contribution is -0.216. The van der Waals surface area contributed by atoms with E-state index in [4.69, 9.17) is 4.89 Å². The Bertz CT molecular complexity index is 654. The maximum absolute atomic E-state index is 12.6. The fourth-order valence-corrected chi connectivity index (χ4v) is 4.25. The van der Waals surface area contributed by atoms with Crippen molar-refractivity contribution in [3.63, 3.8) is 0 Å². The van der Waals surface area contributed by atoms with Crippen LogP contribution in [-0.4, -0.2) is 23.3 Å². The minimum atomic E-state index is -0.742. The first-order valence-electron chi connectivity index (χ1n) is 12.4. The molecule has 0 spiro atoms. The Morgan fingerprint density at radius 2 is 1.10 bits per heavy atom. The maximum atomic E-state index is 12.6. The molecule has 1 aromatic carbocycles. The van der Waals surface area contributed by atoms with E-state index in [1.54, 1.807) is 0 Å². The number of benzene rings is 1. The molecule has 0 bridgehead atoms. The van der Waals surface area contributed by atoms with Gasteiger partial charge in [0.1, 0.15) is 5.56 Å². The number of carbonyl (C=O) groups excluding carboxylic acids is 1. The second kappa shape index (κ2) is 16.0. The van der Waals surface area contributed by atoms with E-state index in [2.05, 4.69) is 25.7 Å². The molecule has 0 amide bonds. The van der Waals surface area contributed by atoms with Crippen molar-refractivity contribution < 1.29 is 24.8 Å². The minimum Gasteiger partial charge on any atom is -0.504 e. The minimum absolute atomic E-state index is 0.0682. The van der Waals surface area contributed by atoms with Gasteiger partial charge in [-0.3, -0.25) is 4.89 Å². The van der Waals surface area contributed by atoms with Crippen LogP contribution in [-0.2, 0) is 29.0 Å². The van der Waals surface area contributed by atoms with Gasteiger partial charge in [0.25, 0.3) is 0 Å². The summed E-state index contributed by atoms with van der Waals surface area (Å²) < 4.78 is 0. The van der Waals surface area contributed by atoms with E-state index >= 15 is 0 Å². The summed E-state index contributed by atoms with van der Waals surface area (Å²) in [6.45, 7) is 6.53. The summed E-state index contributed by atoms with van der Waals surface area (Å²) in [5, 5.41) is 21.7. The second-order valence-electron chi connectivity index (χ2n) is 8.48. The fraction of sp³-hybridized carbons (Fsp3) is 0.731. The number of unbranched alkanes of at least 4 members (excludes halogenated alkanes) is 9. The largest absolute Gasteiger partial charge is 0.504 e. The average Bonchev–Trinajstić information content (AvgIpc) is 2.76. The van der Waals surface area contributed by atoms with Crippen LogP contribution in [0.5, 0.6) is 11.5 Å². The molecule has 0 saturated carbocycles. The standard InChI is InChI=1S/C26H44O5/c1-5-8-11-14-17-20-21(18-15-12-9-6-2)23(26(29)31-30-4)25(28)24(27)22(20)19-16-13-10-7-3/h27-28H,5-19H2,1-4H3. The van der Waals surface area contributed by atoms with Gasteiger partial charge in [0, 0.05) is 5.56 Å². The van der Waals surface area contributed by atoms with Gasteiger partial charge >= 0.3 is 5.97 Å². The summed E-state index contributed by atoms with van der Waals surface area (Å²) in [5.74, 6) is -1.27. The Kier molecular flexibility index (Phi) is 14.1. The van der Waals surface area contributed by atoms with E-state index in [0.717, 1.165) is 93.7 Å². The summed E-state index contributed by atoms with van der Waals surface area (Å²) in [6, 6.07) is 0. The van der Waals surface area contributed by atoms with Gasteiger partial charge in [-0.05, 0) is 49.7 Å². The van der Waals surface area contributed by atoms with Gasteiger partial charge in [-0.2, -0.15) is 4.89 Å². The molecule has 0 unspecified atom stereocenters. The van der Waals surface area contributed by atoms with Gasteiger partial charge in [-0.25, -0.2) is 4.79 Å². The predicted octanol–water partition coefficient (Wildman–Crippen LogP) is 7.18. The molecule has 0 fully saturated rings. The van der Waals surface area contributed by atoms with Crippen LogP contribution in [0.4, 0.5) is 0 Å². The third kappa shape index (κ3) is 8.72. The fourth-order valence-electron chi connectivity index (χ4n) is 4.25. The highest BCUT2D eigenvalue weighted by atomic mass is 17.2. The molecular weight excluding hydrogens is 392 g/mol. The Morgan fingerprint density at radius 1 is 0.645 bits per heavy atom. The first kappa shape index (κ1) is 27.3. The lowest BCUT2D eigenvalue weighted by Gasteiger charge is -2.21. The van der Waals surface area contributed by atoms with Crippen molar-refractivity contribution in [3.05, 3.63) is 22.3 Å². The van der Waals surface area contributed by atoms with Crippen LogP contribution >= 0.6 is 0 Å². The number of rotatable bonds is 17. The van der Waals surface area contributed by atoms with E-state index < -0.39 is 5.97 Å². The van der Waals surface area contributed by atoms with Crippen LogP contribution in [0.1, 0.15) is 125 Å². The summed E-state index contributed by atoms with van der Waals surface area (Å²) in [4.78, 5) is 22.0. The highest BCUT2D eigenvalue weighted by Crippen LogP contribution is 2.41. The third-order valence-electron chi connectivity index (χ3n) is 5.98. The molecule has 0 aliphatic heterocycles. The van der Waals surface area contributed by atoms with E-state index in [1.165, 1.54) is 13.5 Å². The molecule has 0 radical (unpaired) electrons. The van der Waals surface area contributed by atoms with Crippen molar-refractivity contribution in [3.8, 4) is 11.5 Å². The maximum Gasteiger partial charge on any atom is 0.377 e. The summed E-state index contributed by atoms with van der Waals surface area (Å²) >= 11 is 0. The molecule has 1 aromatic rings. The molecule has 5 nitrogen and oxygen atoms in total. The molecule has 0 heterocycles. The second-order valence-corrected chi connectivity index (χ2v) is 8.48. The molecule has 0 aromatic heterocycles. The molecule has 0 aliphatic rings. The van der Waals surface area contributed by atoms with Crippen molar-refractivity contribution >= 4 is 5.97 Å². The number of hydrogen-bond donors (Lipinski definition) is 2. The Labute approximate surface area is 189 Å². The zero-order valence-electron chi connectivity index (χ0n) is 20.2. The van der Waals surface area contributed by atoms with Gasteiger partial charge in [0.15, 0.2) is 11.5 Å². The van der Waals surface area contributed by atoms with Crippen molar-refractivity contribution in [2.24, 2.45) is 0 Å². The van der Waals surface area contributed by atoms with E-state index in [9.17, 15) is 15.0 Å². The molecule has 31 heavy (non-hydrogen) atoms. The van der Waals surface area contributed by atoms with Crippen LogP contribution in [0.2, 0.25) is 0 Å². The SMILES string of the molecule is CCCCCCc1c(O)c(O)c(C(=O)OOC)c(CCCCCC)c1CCCCCC. The number of hydrogen-bond acceptors (Lipinski definition) is 5. The zero-order chi connectivity index (χ0) is 23.1. The van der Waals surface area contributed by atoms with E-state index in [-0.39, 0.29) is 17.1 Å². The van der Waals surface area contributed by atoms with Crippen LogP contribution < -0.4 is 0 Å². The number of aromatic hydroxyl groups is 2. The average molecular weight is 437 g/mol. The van der Waals surface area contributed by atoms with Crippen LogP contribution in [0, 0.1) is 0 Å². The Hall–Kier alpha value is -1.75. The highest BCUT2D eigenvalue weighted by Gasteiger charge is 2.28. The quantitative estimate of drug-likeness (QED) is 0.117. The Balaban J connectivity index is 3.40. The van der Waals surface area contributed by atoms with E-state index in [1.807, 2.05) is 0 Å². The predicted molar refractivity (Wildman–Crippen MR) is 126 cm³/mol. The monoisotopic (exact) mass is 436 g/mol. The van der Waals surface area contributed by atoms with Gasteiger partial charge in [-0.1, -0.05) is 78.6 Å². The first-order valence-corrected chi connectivity index (χ1v) is 12.4. The van der Waals surface area contributed by atoms with Crippen LogP contribution in [0.15, 0.2) is 0 Å². The van der Waals surface area contributed by atoms with Crippen LogP contribution in [0.25, 0.3) is 0 Å². The number of phenolic OH excluding ortho intramolecular Hbond substituents is 2. The van der Waals surface area contributed by atoms with Crippen molar-refractivity contribution in [1.29, 1.82) is 0 Å². The zero-order valence-corrected chi connectivity index (χ0v) is 20.2. The van der Waals surface area contributed by atoms with Crippen molar-refractivity contribution in [1.82, 2.24) is 0 Å². The summed E-state index contributed by atoms with van der Waals surface area (Å²) in [6.07, 6.45) is 15.2. The summed E-state index contributed by atoms with van der Waals surface area (Å²) in [7, 11) is 1.27. The third-order valence-corrected chi connectivity index (χ3v) is 5.98. The number of phenols is 2. The van der Waals surface area contributed by atoms with Gasteiger partial charge in [0.05, 0.1) is 7.11 Å². The van der Waals surface area contributed by atoms with Gasteiger partial charge in [-0.15, -0.1) is 0 Å². The molecule has 0 atom stereocenters. The molecule has 0 saturated heterocycles. The molecule has 1 rings (SSSR count). The van der Waals surface area contributed by atoms with Crippen molar-refractivity contribution in [2.45, 2.75) is 117 Å². The molecule has 5 heteroatoms. The highest BCUT2D eigenvalue weighted by molar-refractivity contribution is 5.95.